The van der Waals surface area contributed by atoms with Crippen LogP contribution in [0.1, 0.15) is 57.7 Å². The Morgan fingerprint density at radius 1 is 1.03 bits per heavy atom. The molecule has 0 spiro atoms. The molecule has 4 rings (SSSR count). The summed E-state index contributed by atoms with van der Waals surface area (Å²) < 4.78 is 2.14. The van der Waals surface area contributed by atoms with E-state index in [9.17, 15) is 4.79 Å². The lowest BCUT2D eigenvalue weighted by Crippen LogP contribution is -2.44. The first-order valence-electron chi connectivity index (χ1n) is 11.4. The Morgan fingerprint density at radius 2 is 1.80 bits per heavy atom. The molecule has 2 fully saturated rings. The fraction of sp³-hybridized carbons (Fsp3) is 0.609. The van der Waals surface area contributed by atoms with Gasteiger partial charge in [0.15, 0.2) is 11.0 Å². The first-order chi connectivity index (χ1) is 14.8. The van der Waals surface area contributed by atoms with Gasteiger partial charge in [0.1, 0.15) is 0 Å². The van der Waals surface area contributed by atoms with Gasteiger partial charge in [-0.15, -0.1) is 10.2 Å². The molecule has 0 saturated carbocycles. The van der Waals surface area contributed by atoms with E-state index in [2.05, 4.69) is 43.6 Å². The first kappa shape index (κ1) is 21.4. The Bertz CT molecular complexity index is 818. The van der Waals surface area contributed by atoms with E-state index in [1.807, 2.05) is 18.2 Å². The average molecular weight is 428 g/mol. The number of benzene rings is 1. The minimum Gasteiger partial charge on any atom is -0.339 e. The van der Waals surface area contributed by atoms with Gasteiger partial charge in [-0.25, -0.2) is 0 Å². The SMILES string of the molecule is CCC1CCCCN1C(=O)CSc1nnc(CN2CCCCC2)n1-c1ccccc1. The summed E-state index contributed by atoms with van der Waals surface area (Å²) in [4.78, 5) is 17.5. The van der Waals surface area contributed by atoms with Crippen molar-refractivity contribution >= 4 is 17.7 Å². The van der Waals surface area contributed by atoms with Gasteiger partial charge in [-0.05, 0) is 63.7 Å². The zero-order chi connectivity index (χ0) is 20.8. The van der Waals surface area contributed by atoms with Crippen molar-refractivity contribution in [2.24, 2.45) is 0 Å². The molecule has 0 aliphatic carbocycles. The maximum atomic E-state index is 13.0. The zero-order valence-electron chi connectivity index (χ0n) is 18.0. The van der Waals surface area contributed by atoms with Crippen LogP contribution in [0.15, 0.2) is 35.5 Å². The van der Waals surface area contributed by atoms with Crippen LogP contribution in [0, 0.1) is 0 Å². The molecule has 0 radical (unpaired) electrons. The predicted molar refractivity (Wildman–Crippen MR) is 121 cm³/mol. The van der Waals surface area contributed by atoms with Crippen LogP contribution >= 0.6 is 11.8 Å². The lowest BCUT2D eigenvalue weighted by Gasteiger charge is -2.35. The van der Waals surface area contributed by atoms with Crippen LogP contribution in [0.2, 0.25) is 0 Å². The van der Waals surface area contributed by atoms with E-state index in [-0.39, 0.29) is 5.91 Å². The summed E-state index contributed by atoms with van der Waals surface area (Å²) in [6.45, 7) is 6.12. The van der Waals surface area contributed by atoms with Crippen LogP contribution in [0.4, 0.5) is 0 Å². The number of carbonyl (C=O) groups is 1. The highest BCUT2D eigenvalue weighted by Crippen LogP contribution is 2.26. The molecule has 1 aromatic heterocycles. The van der Waals surface area contributed by atoms with E-state index in [1.54, 1.807) is 0 Å². The highest BCUT2D eigenvalue weighted by Gasteiger charge is 2.26. The molecule has 0 bridgehead atoms. The second kappa shape index (κ2) is 10.4. The van der Waals surface area contributed by atoms with Crippen LogP contribution in [-0.4, -0.2) is 61.9 Å². The zero-order valence-corrected chi connectivity index (χ0v) is 18.8. The standard InChI is InChI=1S/C23H33N5OS/c1-2-19-11-7-10-16-27(19)22(29)18-30-23-25-24-21(17-26-14-8-4-9-15-26)28(23)20-12-5-3-6-13-20/h3,5-6,12-13,19H,2,4,7-11,14-18H2,1H3. The van der Waals surface area contributed by atoms with Crippen molar-refractivity contribution in [3.63, 3.8) is 0 Å². The van der Waals surface area contributed by atoms with Crippen molar-refractivity contribution < 1.29 is 4.79 Å². The number of nitrogens with zero attached hydrogens (tertiary/aromatic N) is 5. The number of rotatable bonds is 7. The normalized spacial score (nSPS) is 20.4. The largest absolute Gasteiger partial charge is 0.339 e. The maximum Gasteiger partial charge on any atom is 0.233 e. The predicted octanol–water partition coefficient (Wildman–Crippen LogP) is 4.14. The van der Waals surface area contributed by atoms with Crippen molar-refractivity contribution in [3.8, 4) is 5.69 Å². The summed E-state index contributed by atoms with van der Waals surface area (Å²) in [6, 6.07) is 10.7. The fourth-order valence-electron chi connectivity index (χ4n) is 4.61. The summed E-state index contributed by atoms with van der Waals surface area (Å²) >= 11 is 1.52. The Kier molecular flexibility index (Phi) is 7.44. The second-order valence-electron chi connectivity index (χ2n) is 8.34. The van der Waals surface area contributed by atoms with Gasteiger partial charge in [-0.1, -0.05) is 43.3 Å². The average Bonchev–Trinajstić information content (AvgIpc) is 3.21. The molecule has 1 unspecified atom stereocenters. The van der Waals surface area contributed by atoms with E-state index in [1.165, 1.54) is 37.4 Å². The molecule has 2 aliphatic rings. The van der Waals surface area contributed by atoms with E-state index in [0.717, 1.165) is 62.1 Å². The number of aromatic nitrogens is 3. The summed E-state index contributed by atoms with van der Waals surface area (Å²) in [5.74, 6) is 1.61. The van der Waals surface area contributed by atoms with Gasteiger partial charge in [-0.3, -0.25) is 14.3 Å². The highest BCUT2D eigenvalue weighted by molar-refractivity contribution is 7.99. The van der Waals surface area contributed by atoms with Gasteiger partial charge >= 0.3 is 0 Å². The number of carbonyl (C=O) groups excluding carboxylic acids is 1. The maximum absolute atomic E-state index is 13.0. The molecular weight excluding hydrogens is 394 g/mol. The first-order valence-corrected chi connectivity index (χ1v) is 12.4. The molecule has 0 N–H and O–H groups in total. The van der Waals surface area contributed by atoms with Gasteiger partial charge in [0.05, 0.1) is 12.3 Å². The third kappa shape index (κ3) is 5.06. The van der Waals surface area contributed by atoms with Crippen LogP contribution in [0.3, 0.4) is 0 Å². The van der Waals surface area contributed by atoms with Crippen molar-refractivity contribution in [1.82, 2.24) is 24.6 Å². The van der Waals surface area contributed by atoms with Crippen LogP contribution in [0.25, 0.3) is 5.69 Å². The third-order valence-corrected chi connectivity index (χ3v) is 7.19. The molecule has 3 heterocycles. The number of amides is 1. The number of thioether (sulfide) groups is 1. The van der Waals surface area contributed by atoms with E-state index in [0.29, 0.717) is 11.8 Å². The number of likely N-dealkylation sites (tertiary alicyclic amines) is 2. The number of hydrogen-bond donors (Lipinski definition) is 0. The Morgan fingerprint density at radius 3 is 2.57 bits per heavy atom. The Balaban J connectivity index is 1.50. The lowest BCUT2D eigenvalue weighted by atomic mass is 10.0. The molecule has 2 saturated heterocycles. The van der Waals surface area contributed by atoms with E-state index >= 15 is 0 Å². The molecule has 6 nitrogen and oxygen atoms in total. The number of para-hydroxylation sites is 1. The fourth-order valence-corrected chi connectivity index (χ4v) is 5.47. The van der Waals surface area contributed by atoms with Crippen molar-refractivity contribution in [2.45, 2.75) is 69.6 Å². The topological polar surface area (TPSA) is 54.3 Å². The van der Waals surface area contributed by atoms with Gasteiger partial charge < -0.3 is 4.90 Å². The summed E-state index contributed by atoms with van der Waals surface area (Å²) in [6.07, 6.45) is 8.35. The molecule has 162 valence electrons. The quantitative estimate of drug-likeness (QED) is 0.622. The monoisotopic (exact) mass is 427 g/mol. The van der Waals surface area contributed by atoms with Crippen LogP contribution < -0.4 is 0 Å². The van der Waals surface area contributed by atoms with Crippen molar-refractivity contribution in [2.75, 3.05) is 25.4 Å². The molecule has 1 amide bonds. The van der Waals surface area contributed by atoms with Crippen molar-refractivity contribution in [1.29, 1.82) is 0 Å². The third-order valence-electron chi connectivity index (χ3n) is 6.27. The van der Waals surface area contributed by atoms with Crippen molar-refractivity contribution in [3.05, 3.63) is 36.2 Å². The minimum absolute atomic E-state index is 0.228. The molecule has 1 aromatic carbocycles. The second-order valence-corrected chi connectivity index (χ2v) is 9.28. The Labute approximate surface area is 184 Å². The lowest BCUT2D eigenvalue weighted by molar-refractivity contribution is -0.132. The van der Waals surface area contributed by atoms with Crippen LogP contribution in [0.5, 0.6) is 0 Å². The summed E-state index contributed by atoms with van der Waals surface area (Å²) in [5, 5.41) is 9.84. The number of hydrogen-bond acceptors (Lipinski definition) is 5. The van der Waals surface area contributed by atoms with Crippen LogP contribution in [-0.2, 0) is 11.3 Å². The molecular formula is C23H33N5OS. The van der Waals surface area contributed by atoms with E-state index < -0.39 is 0 Å². The smallest absolute Gasteiger partial charge is 0.233 e. The minimum atomic E-state index is 0.228. The van der Waals surface area contributed by atoms with E-state index in [4.69, 9.17) is 0 Å². The highest BCUT2D eigenvalue weighted by atomic mass is 32.2. The molecule has 30 heavy (non-hydrogen) atoms. The number of piperidine rings is 2. The summed E-state index contributed by atoms with van der Waals surface area (Å²) in [7, 11) is 0. The van der Waals surface area contributed by atoms with Gasteiger partial charge in [0, 0.05) is 18.3 Å². The Hall–Kier alpha value is -1.86. The van der Waals surface area contributed by atoms with Gasteiger partial charge in [0.25, 0.3) is 0 Å². The summed E-state index contributed by atoms with van der Waals surface area (Å²) in [5.41, 5.74) is 1.06. The molecule has 7 heteroatoms. The van der Waals surface area contributed by atoms with Gasteiger partial charge in [-0.2, -0.15) is 0 Å². The molecule has 1 atom stereocenters. The van der Waals surface area contributed by atoms with Gasteiger partial charge in [0.2, 0.25) is 5.91 Å². The molecule has 2 aromatic rings. The molecule has 2 aliphatic heterocycles.